The van der Waals surface area contributed by atoms with Crippen molar-refractivity contribution in [3.8, 4) is 0 Å². The number of hydrogen-bond acceptors (Lipinski definition) is 1. The molecule has 0 aromatic heterocycles. The number of hydrogen-bond donors (Lipinski definition) is 0. The zero-order valence-electron chi connectivity index (χ0n) is 8.71. The lowest BCUT2D eigenvalue weighted by molar-refractivity contribution is 0.622. The second kappa shape index (κ2) is 4.79. The van der Waals surface area contributed by atoms with Crippen molar-refractivity contribution in [1.29, 1.82) is 0 Å². The van der Waals surface area contributed by atoms with Gasteiger partial charge in [-0.25, -0.2) is 0 Å². The average Bonchev–Trinajstić information content (AvgIpc) is 2.17. The molecule has 86 valence electrons. The van der Waals surface area contributed by atoms with Crippen molar-refractivity contribution < 1.29 is 11.7 Å². The molecular weight excluding hydrogens is 223 g/mol. The van der Waals surface area contributed by atoms with Crippen LogP contribution < -0.4 is 4.31 Å². The Labute approximate surface area is 90.2 Å². The van der Waals surface area contributed by atoms with Crippen molar-refractivity contribution in [3.05, 3.63) is 29.8 Å². The van der Waals surface area contributed by atoms with E-state index in [1.165, 1.54) is 13.0 Å². The second-order valence-corrected chi connectivity index (χ2v) is 4.26. The summed E-state index contributed by atoms with van der Waals surface area (Å²) in [5.74, 6) is 0. The average molecular weight is 237 g/mol. The van der Waals surface area contributed by atoms with Gasteiger partial charge in [0.05, 0.1) is 5.69 Å². The van der Waals surface area contributed by atoms with Crippen molar-refractivity contribution in [2.24, 2.45) is 0 Å². The van der Waals surface area contributed by atoms with Crippen LogP contribution in [0.2, 0.25) is 0 Å². The summed E-state index contributed by atoms with van der Waals surface area (Å²) in [7, 11) is 0. The van der Waals surface area contributed by atoms with E-state index in [1.807, 2.05) is 6.92 Å². The third-order valence-electron chi connectivity index (χ3n) is 2.18. The monoisotopic (exact) mass is 237 g/mol. The molecule has 0 aliphatic carbocycles. The maximum Gasteiger partial charge on any atom is 0.302 e. The predicted octanol–water partition coefficient (Wildman–Crippen LogP) is 4.45. The highest BCUT2D eigenvalue weighted by Crippen LogP contribution is 2.58. The van der Waals surface area contributed by atoms with E-state index in [9.17, 15) is 11.7 Å². The van der Waals surface area contributed by atoms with Gasteiger partial charge in [0.1, 0.15) is 0 Å². The summed E-state index contributed by atoms with van der Waals surface area (Å²) >= 11 is -5.17. The fraction of sp³-hybridized carbons (Fsp3) is 0.400. The van der Waals surface area contributed by atoms with Crippen molar-refractivity contribution >= 4 is 17.1 Å². The molecule has 0 aliphatic rings. The lowest BCUT2D eigenvalue weighted by Gasteiger charge is -2.29. The molecule has 1 aromatic rings. The van der Waals surface area contributed by atoms with Gasteiger partial charge in [-0.15, -0.1) is 11.7 Å². The molecule has 0 spiro atoms. The Balaban J connectivity index is 3.12. The van der Waals surface area contributed by atoms with Crippen LogP contribution in [-0.2, 0) is 6.42 Å². The van der Waals surface area contributed by atoms with E-state index >= 15 is 0 Å². The summed E-state index contributed by atoms with van der Waals surface area (Å²) in [6.07, 6.45) is 0.613. The van der Waals surface area contributed by atoms with E-state index in [4.69, 9.17) is 0 Å². The van der Waals surface area contributed by atoms with Crippen molar-refractivity contribution in [2.45, 2.75) is 20.3 Å². The molecule has 1 rings (SSSR count). The minimum absolute atomic E-state index is 0.0319. The molecule has 0 heterocycles. The first-order valence-electron chi connectivity index (χ1n) is 4.78. The van der Waals surface area contributed by atoms with E-state index < -0.39 is 11.4 Å². The Morgan fingerprint density at radius 3 is 2.20 bits per heavy atom. The summed E-state index contributed by atoms with van der Waals surface area (Å²) in [5.41, 5.74) is 1.04. The van der Waals surface area contributed by atoms with Gasteiger partial charge in [0.2, 0.25) is 0 Å². The quantitative estimate of drug-likeness (QED) is 0.747. The maximum absolute atomic E-state index is 12.7. The number of halogens is 3. The highest BCUT2D eigenvalue weighted by molar-refractivity contribution is 8.22. The normalized spacial score (nSPS) is 12.6. The molecule has 0 saturated heterocycles. The van der Waals surface area contributed by atoms with Gasteiger partial charge in [0, 0.05) is 6.54 Å². The van der Waals surface area contributed by atoms with Gasteiger partial charge in [-0.2, -0.15) is 0 Å². The van der Waals surface area contributed by atoms with Gasteiger partial charge in [-0.05, 0) is 25.0 Å². The molecule has 0 unspecified atom stereocenters. The summed E-state index contributed by atoms with van der Waals surface area (Å²) in [6, 6.07) is 6.68. The molecule has 0 N–H and O–H groups in total. The van der Waals surface area contributed by atoms with Crippen LogP contribution in [0.1, 0.15) is 19.4 Å². The minimum Gasteiger partial charge on any atom is -0.261 e. The van der Waals surface area contributed by atoms with Gasteiger partial charge in [-0.3, -0.25) is 4.31 Å². The maximum atomic E-state index is 12.7. The Hall–Kier alpha value is -0.840. The van der Waals surface area contributed by atoms with E-state index in [-0.39, 0.29) is 6.54 Å². The Kier molecular flexibility index (Phi) is 3.90. The Morgan fingerprint density at radius 2 is 1.73 bits per heavy atom. The molecular formula is C10H14F3NS. The molecule has 15 heavy (non-hydrogen) atoms. The van der Waals surface area contributed by atoms with Crippen LogP contribution in [0, 0.1) is 0 Å². The fourth-order valence-corrected chi connectivity index (χ4v) is 2.18. The van der Waals surface area contributed by atoms with Crippen LogP contribution in [0.5, 0.6) is 0 Å². The lowest BCUT2D eigenvalue weighted by atomic mass is 10.1. The topological polar surface area (TPSA) is 3.24 Å². The molecule has 1 nitrogen and oxygen atoms in total. The number of nitrogens with zero attached hydrogens (tertiary/aromatic N) is 1. The third kappa shape index (κ3) is 2.81. The summed E-state index contributed by atoms with van der Waals surface area (Å²) < 4.78 is 38.7. The van der Waals surface area contributed by atoms with E-state index in [1.54, 1.807) is 18.2 Å². The van der Waals surface area contributed by atoms with Crippen LogP contribution in [0.4, 0.5) is 17.3 Å². The molecule has 0 radical (unpaired) electrons. The molecule has 0 bridgehead atoms. The zero-order chi connectivity index (χ0) is 11.5. The van der Waals surface area contributed by atoms with Crippen molar-refractivity contribution in [2.75, 3.05) is 10.8 Å². The van der Waals surface area contributed by atoms with Crippen LogP contribution >= 0.6 is 11.4 Å². The minimum atomic E-state index is -5.17. The summed E-state index contributed by atoms with van der Waals surface area (Å²) in [4.78, 5) is 0. The SMILES string of the molecule is CCc1ccccc1N(CC)S(F)(F)F. The Morgan fingerprint density at radius 1 is 1.13 bits per heavy atom. The van der Waals surface area contributed by atoms with Crippen molar-refractivity contribution in [1.82, 2.24) is 0 Å². The van der Waals surface area contributed by atoms with E-state index in [2.05, 4.69) is 0 Å². The number of anilines is 1. The predicted molar refractivity (Wildman–Crippen MR) is 59.8 cm³/mol. The third-order valence-corrected chi connectivity index (χ3v) is 3.13. The summed E-state index contributed by atoms with van der Waals surface area (Å²) in [6.45, 7) is 3.35. The second-order valence-electron chi connectivity index (χ2n) is 3.06. The lowest BCUT2D eigenvalue weighted by Crippen LogP contribution is -2.20. The van der Waals surface area contributed by atoms with Gasteiger partial charge in [0.25, 0.3) is 0 Å². The largest absolute Gasteiger partial charge is 0.302 e. The smallest absolute Gasteiger partial charge is 0.261 e. The molecule has 0 aliphatic heterocycles. The van der Waals surface area contributed by atoms with E-state index in [0.717, 1.165) is 5.56 Å². The Bertz CT molecular complexity index is 325. The first kappa shape index (κ1) is 12.2. The van der Waals surface area contributed by atoms with Gasteiger partial charge in [-0.1, -0.05) is 25.1 Å². The van der Waals surface area contributed by atoms with Crippen LogP contribution in [0.15, 0.2) is 24.3 Å². The number of benzene rings is 1. The molecule has 0 amide bonds. The standard InChI is InChI=1S/C10H14F3NS/c1-3-9-7-5-6-8-10(9)14(4-2)15(11,12)13/h5-8H,3-4H2,1-2H3. The zero-order valence-corrected chi connectivity index (χ0v) is 9.53. The number of para-hydroxylation sites is 1. The highest BCUT2D eigenvalue weighted by atomic mass is 32.3. The fourth-order valence-electron chi connectivity index (χ4n) is 1.48. The van der Waals surface area contributed by atoms with Crippen LogP contribution in [-0.4, -0.2) is 6.54 Å². The highest BCUT2D eigenvalue weighted by Gasteiger charge is 2.31. The first-order valence-corrected chi connectivity index (χ1v) is 6.07. The first-order chi connectivity index (χ1) is 7.00. The number of aryl methyl sites for hydroxylation is 1. The molecule has 1 aromatic carbocycles. The molecule has 5 heteroatoms. The van der Waals surface area contributed by atoms with Gasteiger partial charge < -0.3 is 0 Å². The van der Waals surface area contributed by atoms with E-state index in [0.29, 0.717) is 16.4 Å². The molecule has 0 saturated carbocycles. The number of rotatable bonds is 4. The van der Waals surface area contributed by atoms with Crippen molar-refractivity contribution in [3.63, 3.8) is 0 Å². The molecule has 0 fully saturated rings. The van der Waals surface area contributed by atoms with Crippen LogP contribution in [0.25, 0.3) is 0 Å². The summed E-state index contributed by atoms with van der Waals surface area (Å²) in [5, 5.41) is 0. The molecule has 0 atom stereocenters. The van der Waals surface area contributed by atoms with Crippen LogP contribution in [0.3, 0.4) is 0 Å². The van der Waals surface area contributed by atoms with Gasteiger partial charge in [0.15, 0.2) is 0 Å². The van der Waals surface area contributed by atoms with Gasteiger partial charge >= 0.3 is 11.4 Å².